The Hall–Kier alpha value is -2.04. The van der Waals surface area contributed by atoms with Gasteiger partial charge < -0.3 is 29.5 Å². The van der Waals surface area contributed by atoms with E-state index in [1.165, 1.54) is 23.6 Å². The number of nitrogens with one attached hydrogen (secondary N) is 1. The van der Waals surface area contributed by atoms with Crippen molar-refractivity contribution in [1.29, 1.82) is 0 Å². The number of hydrogen-bond acceptors (Lipinski definition) is 7. The van der Waals surface area contributed by atoms with Crippen LogP contribution < -0.4 is 15.4 Å². The lowest BCUT2D eigenvalue weighted by atomic mass is 9.95. The Balaban J connectivity index is 1.52. The molecule has 0 bridgehead atoms. The van der Waals surface area contributed by atoms with E-state index >= 15 is 0 Å². The monoisotopic (exact) mass is 480 g/mol. The van der Waals surface area contributed by atoms with Gasteiger partial charge in [-0.2, -0.15) is 0 Å². The molecular weight excluding hydrogens is 442 g/mol. The molecule has 10 heteroatoms. The molecule has 1 saturated heterocycles. The van der Waals surface area contributed by atoms with Gasteiger partial charge >= 0.3 is 6.09 Å². The summed E-state index contributed by atoms with van der Waals surface area (Å²) in [6, 6.07) is 5.83. The number of hydrogen-bond donors (Lipinski definition) is 2. The lowest BCUT2D eigenvalue weighted by Gasteiger charge is -2.37. The molecule has 2 fully saturated rings. The maximum absolute atomic E-state index is 12.2. The Morgan fingerprint density at radius 3 is 2.45 bits per heavy atom. The third-order valence-electron chi connectivity index (χ3n) is 6.11. The van der Waals surface area contributed by atoms with E-state index in [4.69, 9.17) is 10.5 Å². The SMILES string of the molecule is CC(C)(C)OC(=O)N1CCN(CCN(c2ccc(NC3CCCCC3)c(N)c2)S(=O)[O-])CC1. The van der Waals surface area contributed by atoms with Crippen molar-refractivity contribution >= 4 is 34.4 Å². The normalized spacial score (nSPS) is 19.2. The van der Waals surface area contributed by atoms with Gasteiger partial charge in [-0.25, -0.2) is 4.79 Å². The van der Waals surface area contributed by atoms with E-state index in [0.29, 0.717) is 56.7 Å². The summed E-state index contributed by atoms with van der Waals surface area (Å²) >= 11 is -2.41. The molecule has 1 aromatic rings. The van der Waals surface area contributed by atoms with E-state index in [1.807, 2.05) is 26.8 Å². The standard InChI is InChI=1S/C23H39N5O4S/c1-23(2,3)32-22(29)27-14-11-26(12-15-27)13-16-28(33(30)31)19-9-10-21(20(24)17-19)25-18-7-5-4-6-8-18/h9-10,17-18,25H,4-8,11-16,24H2,1-3H3,(H,30,31)/p-1. The minimum Gasteiger partial charge on any atom is -0.755 e. The molecule has 0 radical (unpaired) electrons. The highest BCUT2D eigenvalue weighted by atomic mass is 32.2. The Morgan fingerprint density at radius 1 is 1.21 bits per heavy atom. The van der Waals surface area contributed by atoms with Crippen LogP contribution in [0.15, 0.2) is 18.2 Å². The summed E-state index contributed by atoms with van der Waals surface area (Å²) in [6.07, 6.45) is 5.71. The highest BCUT2D eigenvalue weighted by Crippen LogP contribution is 2.29. The molecule has 3 rings (SSSR count). The van der Waals surface area contributed by atoms with Gasteiger partial charge in [-0.3, -0.25) is 9.11 Å². The van der Waals surface area contributed by atoms with Gasteiger partial charge in [0, 0.05) is 56.6 Å². The lowest BCUT2D eigenvalue weighted by Crippen LogP contribution is -2.51. The lowest BCUT2D eigenvalue weighted by molar-refractivity contribution is 0.0148. The molecule has 1 aromatic carbocycles. The van der Waals surface area contributed by atoms with Gasteiger partial charge in [0.05, 0.1) is 17.1 Å². The average Bonchev–Trinajstić information content (AvgIpc) is 2.75. The van der Waals surface area contributed by atoms with Crippen molar-refractivity contribution < 1.29 is 18.3 Å². The molecule has 3 N–H and O–H groups in total. The quantitative estimate of drug-likeness (QED) is 0.455. The molecule has 1 aliphatic carbocycles. The first-order valence-electron chi connectivity index (χ1n) is 11.9. The summed E-state index contributed by atoms with van der Waals surface area (Å²) in [7, 11) is 0. The van der Waals surface area contributed by atoms with Crippen molar-refractivity contribution in [2.75, 3.05) is 54.6 Å². The molecule has 1 aliphatic heterocycles. The summed E-state index contributed by atoms with van der Waals surface area (Å²) < 4.78 is 30.6. The van der Waals surface area contributed by atoms with Crippen LogP contribution in [0.1, 0.15) is 52.9 Å². The molecule has 1 unspecified atom stereocenters. The fraction of sp³-hybridized carbons (Fsp3) is 0.696. The van der Waals surface area contributed by atoms with Crippen molar-refractivity contribution in [3.8, 4) is 0 Å². The Morgan fingerprint density at radius 2 is 1.88 bits per heavy atom. The van der Waals surface area contributed by atoms with Crippen LogP contribution in [0.25, 0.3) is 0 Å². The number of carbonyl (C=O) groups is 1. The second-order valence-corrected chi connectivity index (χ2v) is 10.8. The molecule has 33 heavy (non-hydrogen) atoms. The van der Waals surface area contributed by atoms with E-state index < -0.39 is 16.9 Å². The molecule has 2 aliphatic rings. The van der Waals surface area contributed by atoms with Gasteiger partial charge in [0.15, 0.2) is 0 Å². The number of nitrogen functional groups attached to an aromatic ring is 1. The van der Waals surface area contributed by atoms with Gasteiger partial charge in [-0.1, -0.05) is 19.3 Å². The summed E-state index contributed by atoms with van der Waals surface area (Å²) in [6.45, 7) is 8.90. The predicted molar refractivity (Wildman–Crippen MR) is 132 cm³/mol. The van der Waals surface area contributed by atoms with Crippen LogP contribution in [0.5, 0.6) is 0 Å². The first-order valence-corrected chi connectivity index (χ1v) is 12.9. The maximum atomic E-state index is 12.2. The molecule has 186 valence electrons. The van der Waals surface area contributed by atoms with Gasteiger partial charge in [-0.15, -0.1) is 0 Å². The first-order chi connectivity index (χ1) is 15.6. The molecule has 1 amide bonds. The number of amides is 1. The summed E-state index contributed by atoms with van der Waals surface area (Å²) in [5.74, 6) is 0. The molecule has 9 nitrogen and oxygen atoms in total. The van der Waals surface area contributed by atoms with Gasteiger partial charge in [0.1, 0.15) is 5.60 Å². The molecule has 0 aromatic heterocycles. The van der Waals surface area contributed by atoms with Crippen LogP contribution in [0.2, 0.25) is 0 Å². The number of nitrogens with zero attached hydrogens (tertiary/aromatic N) is 3. The molecular formula is C23H38N5O4S-. The molecule has 1 atom stereocenters. The number of nitrogens with two attached hydrogens (primary N) is 1. The number of rotatable bonds is 7. The third-order valence-corrected chi connectivity index (χ3v) is 6.86. The van der Waals surface area contributed by atoms with Crippen LogP contribution in [0.4, 0.5) is 21.9 Å². The zero-order valence-electron chi connectivity index (χ0n) is 20.0. The number of piperazine rings is 1. The van der Waals surface area contributed by atoms with Crippen molar-refractivity contribution in [2.45, 2.75) is 64.5 Å². The summed E-state index contributed by atoms with van der Waals surface area (Å²) in [5.41, 5.74) is 7.71. The van der Waals surface area contributed by atoms with Gasteiger partial charge in [0.2, 0.25) is 0 Å². The maximum Gasteiger partial charge on any atom is 0.410 e. The molecule has 1 heterocycles. The number of benzene rings is 1. The van der Waals surface area contributed by atoms with E-state index in [2.05, 4.69) is 10.2 Å². The summed E-state index contributed by atoms with van der Waals surface area (Å²) in [5, 5.41) is 3.51. The third kappa shape index (κ3) is 7.75. The van der Waals surface area contributed by atoms with E-state index in [1.54, 1.807) is 17.0 Å². The highest BCUT2D eigenvalue weighted by molar-refractivity contribution is 7.80. The van der Waals surface area contributed by atoms with Crippen molar-refractivity contribution in [2.24, 2.45) is 0 Å². The van der Waals surface area contributed by atoms with Crippen LogP contribution in [0.3, 0.4) is 0 Å². The smallest absolute Gasteiger partial charge is 0.410 e. The van der Waals surface area contributed by atoms with Gasteiger partial charge in [0.25, 0.3) is 0 Å². The zero-order valence-corrected chi connectivity index (χ0v) is 20.9. The highest BCUT2D eigenvalue weighted by Gasteiger charge is 2.26. The number of anilines is 3. The second-order valence-electron chi connectivity index (χ2n) is 9.88. The Bertz CT molecular complexity index is 818. The van der Waals surface area contributed by atoms with Crippen LogP contribution >= 0.6 is 0 Å². The number of carbonyl (C=O) groups excluding carboxylic acids is 1. The largest absolute Gasteiger partial charge is 0.755 e. The Kier molecular flexibility index (Phi) is 8.83. The predicted octanol–water partition coefficient (Wildman–Crippen LogP) is 3.17. The summed E-state index contributed by atoms with van der Waals surface area (Å²) in [4.78, 5) is 16.1. The minimum atomic E-state index is -2.41. The second kappa shape index (κ2) is 11.4. The molecule has 0 spiro atoms. The fourth-order valence-electron chi connectivity index (χ4n) is 4.31. The number of ether oxygens (including phenoxy) is 1. The zero-order chi connectivity index (χ0) is 24.0. The topological polar surface area (TPSA) is 114 Å². The van der Waals surface area contributed by atoms with Crippen LogP contribution in [-0.2, 0) is 16.0 Å². The van der Waals surface area contributed by atoms with Crippen LogP contribution in [0, 0.1) is 0 Å². The van der Waals surface area contributed by atoms with E-state index in [-0.39, 0.29) is 6.09 Å². The molecule has 1 saturated carbocycles. The van der Waals surface area contributed by atoms with E-state index in [9.17, 15) is 13.6 Å². The average molecular weight is 481 g/mol. The van der Waals surface area contributed by atoms with Crippen molar-refractivity contribution in [3.05, 3.63) is 18.2 Å². The van der Waals surface area contributed by atoms with Crippen molar-refractivity contribution in [1.82, 2.24) is 9.80 Å². The van der Waals surface area contributed by atoms with Crippen LogP contribution in [-0.4, -0.2) is 75.6 Å². The minimum absolute atomic E-state index is 0.304. The van der Waals surface area contributed by atoms with Gasteiger partial charge in [-0.05, 0) is 51.8 Å². The Labute approximate surface area is 200 Å². The fourth-order valence-corrected chi connectivity index (χ4v) is 4.82. The first kappa shape index (κ1) is 25.6. The van der Waals surface area contributed by atoms with E-state index in [0.717, 1.165) is 18.5 Å². The van der Waals surface area contributed by atoms with Crippen molar-refractivity contribution in [3.63, 3.8) is 0 Å².